The predicted molar refractivity (Wildman–Crippen MR) is 113 cm³/mol. The van der Waals surface area contributed by atoms with Crippen LogP contribution in [-0.4, -0.2) is 54.5 Å². The van der Waals surface area contributed by atoms with Crippen LogP contribution in [0.5, 0.6) is 5.75 Å². The lowest BCUT2D eigenvalue weighted by molar-refractivity contribution is -0.152. The van der Waals surface area contributed by atoms with Crippen molar-refractivity contribution in [2.45, 2.75) is 31.1 Å². The number of aliphatic hydroxyl groups is 1. The molecule has 1 fully saturated rings. The minimum Gasteiger partial charge on any atom is -0.497 e. The molecule has 1 amide bonds. The van der Waals surface area contributed by atoms with Gasteiger partial charge in [0, 0.05) is 17.3 Å². The maximum absolute atomic E-state index is 12.9. The lowest BCUT2D eigenvalue weighted by atomic mass is 9.87. The van der Waals surface area contributed by atoms with E-state index in [0.29, 0.717) is 5.75 Å². The summed E-state index contributed by atoms with van der Waals surface area (Å²) in [6.07, 6.45) is -1.34. The topological polar surface area (TPSA) is 85.3 Å². The van der Waals surface area contributed by atoms with Crippen LogP contribution in [0.1, 0.15) is 17.5 Å². The van der Waals surface area contributed by atoms with E-state index < -0.39 is 23.7 Å². The Morgan fingerprint density at radius 1 is 1.20 bits per heavy atom. The maximum Gasteiger partial charge on any atom is 0.411 e. The van der Waals surface area contributed by atoms with E-state index in [2.05, 4.69) is 15.9 Å². The zero-order chi connectivity index (χ0) is 21.7. The Morgan fingerprint density at radius 2 is 1.93 bits per heavy atom. The molecule has 1 saturated heterocycles. The molecule has 160 valence electrons. The largest absolute Gasteiger partial charge is 0.497 e. The van der Waals surface area contributed by atoms with Gasteiger partial charge in [-0.05, 0) is 23.3 Å². The first-order valence-electron chi connectivity index (χ1n) is 9.47. The molecular weight excluding hydrogens is 454 g/mol. The molecule has 2 atom stereocenters. The highest BCUT2D eigenvalue weighted by Gasteiger charge is 2.55. The Bertz CT molecular complexity index is 906. The molecule has 0 aromatic heterocycles. The summed E-state index contributed by atoms with van der Waals surface area (Å²) >= 11 is 3.49. The highest BCUT2D eigenvalue weighted by molar-refractivity contribution is 9.10. The van der Waals surface area contributed by atoms with Crippen LogP contribution in [0.15, 0.2) is 53.0 Å². The number of methoxy groups -OCH3 is 2. The van der Waals surface area contributed by atoms with Crippen molar-refractivity contribution >= 4 is 28.0 Å². The van der Waals surface area contributed by atoms with Crippen LogP contribution in [0.4, 0.5) is 4.79 Å². The van der Waals surface area contributed by atoms with Crippen LogP contribution in [-0.2, 0) is 27.3 Å². The van der Waals surface area contributed by atoms with Crippen molar-refractivity contribution in [3.63, 3.8) is 0 Å². The third-order valence-electron chi connectivity index (χ3n) is 5.22. The molecule has 0 unspecified atom stereocenters. The van der Waals surface area contributed by atoms with Crippen LogP contribution >= 0.6 is 15.9 Å². The molecule has 30 heavy (non-hydrogen) atoms. The molecule has 0 radical (unpaired) electrons. The zero-order valence-electron chi connectivity index (χ0n) is 16.8. The zero-order valence-corrected chi connectivity index (χ0v) is 18.4. The minimum atomic E-state index is -1.38. The molecule has 0 aliphatic carbocycles. The second-order valence-electron chi connectivity index (χ2n) is 7.17. The van der Waals surface area contributed by atoms with Gasteiger partial charge in [-0.15, -0.1) is 0 Å². The van der Waals surface area contributed by atoms with Crippen molar-refractivity contribution < 1.29 is 28.9 Å². The molecule has 1 heterocycles. The standard InChI is InChI=1S/C22H24BrNO6/c1-28-18-9-8-16(19(23)10-18)11-22(20(26)29-2)12-17(25)13-24(22)21(27)30-14-15-6-4-3-5-7-15/h3-10,17,25H,11-14H2,1-2H3/t17-,22-/m1/s1. The van der Waals surface area contributed by atoms with Crippen LogP contribution in [0.3, 0.4) is 0 Å². The fourth-order valence-corrected chi connectivity index (χ4v) is 4.23. The average molecular weight is 478 g/mol. The smallest absolute Gasteiger partial charge is 0.411 e. The van der Waals surface area contributed by atoms with Gasteiger partial charge in [0.2, 0.25) is 0 Å². The van der Waals surface area contributed by atoms with Gasteiger partial charge < -0.3 is 19.3 Å². The first-order valence-corrected chi connectivity index (χ1v) is 10.3. The second kappa shape index (κ2) is 9.49. The third kappa shape index (κ3) is 4.60. The third-order valence-corrected chi connectivity index (χ3v) is 5.96. The highest BCUT2D eigenvalue weighted by atomic mass is 79.9. The molecule has 1 aliphatic heterocycles. The minimum absolute atomic E-state index is 0.0174. The summed E-state index contributed by atoms with van der Waals surface area (Å²) in [7, 11) is 2.83. The summed E-state index contributed by atoms with van der Waals surface area (Å²) in [5.74, 6) is 0.0572. The van der Waals surface area contributed by atoms with E-state index in [1.807, 2.05) is 36.4 Å². The number of rotatable bonds is 6. The molecule has 0 bridgehead atoms. The van der Waals surface area contributed by atoms with E-state index >= 15 is 0 Å². The van der Waals surface area contributed by atoms with Gasteiger partial charge in [0.15, 0.2) is 5.54 Å². The number of hydrogen-bond acceptors (Lipinski definition) is 6. The quantitative estimate of drug-likeness (QED) is 0.642. The molecule has 8 heteroatoms. The monoisotopic (exact) mass is 477 g/mol. The summed E-state index contributed by atoms with van der Waals surface area (Å²) in [4.78, 5) is 27.1. The lowest BCUT2D eigenvalue weighted by Crippen LogP contribution is -2.55. The Kier molecular flexibility index (Phi) is 6.99. The number of benzene rings is 2. The fourth-order valence-electron chi connectivity index (χ4n) is 3.73. The normalized spacial score (nSPS) is 20.7. The highest BCUT2D eigenvalue weighted by Crippen LogP contribution is 2.37. The van der Waals surface area contributed by atoms with Crippen molar-refractivity contribution in [1.82, 2.24) is 4.90 Å². The van der Waals surface area contributed by atoms with Crippen molar-refractivity contribution in [3.8, 4) is 5.75 Å². The van der Waals surface area contributed by atoms with E-state index in [9.17, 15) is 14.7 Å². The molecule has 0 saturated carbocycles. The predicted octanol–water partition coefficient (Wildman–Crippen LogP) is 3.32. The van der Waals surface area contributed by atoms with Gasteiger partial charge >= 0.3 is 12.1 Å². The summed E-state index contributed by atoms with van der Waals surface area (Å²) in [5, 5.41) is 10.4. The Labute approximate surface area is 183 Å². The van der Waals surface area contributed by atoms with Crippen molar-refractivity contribution in [3.05, 3.63) is 64.1 Å². The molecule has 0 spiro atoms. The van der Waals surface area contributed by atoms with Gasteiger partial charge in [-0.2, -0.15) is 0 Å². The number of amides is 1. The van der Waals surface area contributed by atoms with Gasteiger partial charge in [-0.25, -0.2) is 9.59 Å². The van der Waals surface area contributed by atoms with Gasteiger partial charge in [0.1, 0.15) is 12.4 Å². The van der Waals surface area contributed by atoms with E-state index in [1.165, 1.54) is 12.0 Å². The summed E-state index contributed by atoms with van der Waals surface area (Å²) in [6.45, 7) is 0.0479. The molecule has 1 aliphatic rings. The van der Waals surface area contributed by atoms with Crippen molar-refractivity contribution in [2.75, 3.05) is 20.8 Å². The number of β-amino-alcohol motifs (C(OH)–C–C–N with tert-alkyl or cyclic N) is 1. The van der Waals surface area contributed by atoms with E-state index in [0.717, 1.165) is 15.6 Å². The van der Waals surface area contributed by atoms with E-state index in [1.54, 1.807) is 19.2 Å². The van der Waals surface area contributed by atoms with Crippen LogP contribution < -0.4 is 4.74 Å². The van der Waals surface area contributed by atoms with Gasteiger partial charge in [0.25, 0.3) is 0 Å². The van der Waals surface area contributed by atoms with E-state index in [4.69, 9.17) is 14.2 Å². The number of ether oxygens (including phenoxy) is 3. The number of hydrogen-bond donors (Lipinski definition) is 1. The van der Waals surface area contributed by atoms with E-state index in [-0.39, 0.29) is 26.0 Å². The number of aliphatic hydroxyl groups excluding tert-OH is 1. The number of esters is 1. The molecule has 2 aromatic carbocycles. The molecule has 3 rings (SSSR count). The van der Waals surface area contributed by atoms with Gasteiger partial charge in [0.05, 0.1) is 26.9 Å². The van der Waals surface area contributed by atoms with Crippen LogP contribution in [0.25, 0.3) is 0 Å². The second-order valence-corrected chi connectivity index (χ2v) is 8.02. The Hall–Kier alpha value is -2.58. The lowest BCUT2D eigenvalue weighted by Gasteiger charge is -2.35. The Balaban J connectivity index is 1.88. The van der Waals surface area contributed by atoms with Crippen molar-refractivity contribution in [1.29, 1.82) is 0 Å². The Morgan fingerprint density at radius 3 is 2.57 bits per heavy atom. The molecular formula is C22H24BrNO6. The average Bonchev–Trinajstić information content (AvgIpc) is 3.10. The molecule has 1 N–H and O–H groups in total. The van der Waals surface area contributed by atoms with Crippen LogP contribution in [0, 0.1) is 0 Å². The SMILES string of the molecule is COC(=O)[C@@]1(Cc2ccc(OC)cc2Br)C[C@@H](O)CN1C(=O)OCc1ccccc1. The van der Waals surface area contributed by atoms with Crippen LogP contribution in [0.2, 0.25) is 0 Å². The summed E-state index contributed by atoms with van der Waals surface area (Å²) in [6, 6.07) is 14.6. The maximum atomic E-state index is 12.9. The number of nitrogens with zero attached hydrogens (tertiary/aromatic N) is 1. The fraction of sp³-hybridized carbons (Fsp3) is 0.364. The number of carbonyl (C=O) groups is 2. The first-order chi connectivity index (χ1) is 14.4. The summed E-state index contributed by atoms with van der Waals surface area (Å²) < 4.78 is 16.4. The van der Waals surface area contributed by atoms with Gasteiger partial charge in [-0.1, -0.05) is 52.3 Å². The summed E-state index contributed by atoms with van der Waals surface area (Å²) in [5.41, 5.74) is 0.224. The molecule has 7 nitrogen and oxygen atoms in total. The first kappa shape index (κ1) is 22.1. The van der Waals surface area contributed by atoms with Gasteiger partial charge in [-0.3, -0.25) is 4.90 Å². The number of likely N-dealkylation sites (tertiary alicyclic amines) is 1. The number of carbonyl (C=O) groups excluding carboxylic acids is 2. The number of halogens is 1. The van der Waals surface area contributed by atoms with Crippen molar-refractivity contribution in [2.24, 2.45) is 0 Å². The molecule has 2 aromatic rings.